The molecule has 4 aromatic rings. The summed E-state index contributed by atoms with van der Waals surface area (Å²) in [6, 6.07) is 9.15. The predicted molar refractivity (Wildman–Crippen MR) is 136 cm³/mol. The number of anilines is 2. The van der Waals surface area contributed by atoms with Crippen molar-refractivity contribution in [2.75, 3.05) is 18.5 Å². The molecule has 4 heterocycles. The first kappa shape index (κ1) is 24.1. The van der Waals surface area contributed by atoms with Crippen molar-refractivity contribution in [1.29, 1.82) is 0 Å². The van der Waals surface area contributed by atoms with Crippen LogP contribution in [0.3, 0.4) is 0 Å². The average Bonchev–Trinajstić information content (AvgIpc) is 3.31. The van der Waals surface area contributed by atoms with Crippen LogP contribution < -0.4 is 5.32 Å². The lowest BCUT2D eigenvalue weighted by Gasteiger charge is -2.32. The van der Waals surface area contributed by atoms with Crippen LogP contribution in [0.1, 0.15) is 53.7 Å². The maximum atomic E-state index is 14.6. The molecule has 1 saturated heterocycles. The molecule has 0 aliphatic carbocycles. The monoisotopic (exact) mass is 488 g/mol. The first-order valence-corrected chi connectivity index (χ1v) is 12.2. The molecule has 1 fully saturated rings. The number of imidazole rings is 1. The van der Waals surface area contributed by atoms with Crippen molar-refractivity contribution in [3.8, 4) is 11.3 Å². The van der Waals surface area contributed by atoms with Crippen LogP contribution in [0.5, 0.6) is 0 Å². The summed E-state index contributed by atoms with van der Waals surface area (Å²) in [5.74, 6) is 0.131. The molecule has 0 atom stereocenters. The molecular weight excluding hydrogens is 459 g/mol. The van der Waals surface area contributed by atoms with Gasteiger partial charge in [0.1, 0.15) is 5.82 Å². The van der Waals surface area contributed by atoms with E-state index >= 15 is 0 Å². The summed E-state index contributed by atoms with van der Waals surface area (Å²) >= 11 is 0. The number of carbonyl (C=O) groups excluding carboxylic acids is 1. The Morgan fingerprint density at radius 2 is 1.94 bits per heavy atom. The van der Waals surface area contributed by atoms with Crippen LogP contribution in [0.2, 0.25) is 0 Å². The van der Waals surface area contributed by atoms with E-state index in [9.17, 15) is 14.3 Å². The second kappa shape index (κ2) is 9.44. The molecule has 0 unspecified atom stereocenters. The van der Waals surface area contributed by atoms with Gasteiger partial charge in [0.2, 0.25) is 0 Å². The lowest BCUT2D eigenvalue weighted by atomic mass is 9.87. The zero-order valence-electron chi connectivity index (χ0n) is 20.6. The van der Waals surface area contributed by atoms with Gasteiger partial charge in [0.25, 0.3) is 0 Å². The number of hydrogen-bond acceptors (Lipinski definition) is 6. The fourth-order valence-electron chi connectivity index (χ4n) is 4.95. The molecule has 0 saturated carbocycles. The van der Waals surface area contributed by atoms with Crippen LogP contribution in [0.25, 0.3) is 16.9 Å². The van der Waals surface area contributed by atoms with E-state index in [-0.39, 0.29) is 17.2 Å². The van der Waals surface area contributed by atoms with Crippen molar-refractivity contribution in [3.63, 3.8) is 0 Å². The maximum Gasteiger partial charge on any atom is 0.173 e. The van der Waals surface area contributed by atoms with E-state index in [4.69, 9.17) is 4.74 Å². The lowest BCUT2D eigenvalue weighted by molar-refractivity contribution is -0.0680. The number of ether oxygens (including phenoxy) is 1. The van der Waals surface area contributed by atoms with Crippen LogP contribution in [0.15, 0.2) is 48.9 Å². The number of halogens is 1. The normalized spacial score (nSPS) is 15.2. The van der Waals surface area contributed by atoms with Gasteiger partial charge in [-0.25, -0.2) is 14.4 Å². The van der Waals surface area contributed by atoms with Gasteiger partial charge < -0.3 is 15.2 Å². The number of hydrogen-bond donors (Lipinski definition) is 2. The molecule has 5 rings (SSSR count). The van der Waals surface area contributed by atoms with E-state index < -0.39 is 5.60 Å². The molecule has 1 aromatic carbocycles. The van der Waals surface area contributed by atoms with E-state index in [0.29, 0.717) is 55.1 Å². The zero-order chi connectivity index (χ0) is 25.4. The quantitative estimate of drug-likeness (QED) is 0.356. The van der Waals surface area contributed by atoms with Crippen molar-refractivity contribution in [2.24, 2.45) is 0 Å². The topological polar surface area (TPSA) is 88.8 Å². The Morgan fingerprint density at radius 3 is 2.61 bits per heavy atom. The molecule has 2 N–H and O–H groups in total. The van der Waals surface area contributed by atoms with Crippen LogP contribution >= 0.6 is 0 Å². The number of nitrogens with one attached hydrogen (secondary N) is 1. The van der Waals surface area contributed by atoms with Crippen LogP contribution in [-0.2, 0) is 16.8 Å². The molecule has 0 spiro atoms. The van der Waals surface area contributed by atoms with Gasteiger partial charge in [-0.3, -0.25) is 9.20 Å². The van der Waals surface area contributed by atoms with Crippen molar-refractivity contribution < 1.29 is 19.0 Å². The third-order valence-corrected chi connectivity index (χ3v) is 6.99. The Balaban J connectivity index is 1.52. The molecule has 7 nitrogen and oxygen atoms in total. The summed E-state index contributed by atoms with van der Waals surface area (Å²) in [5, 5.41) is 14.2. The molecule has 0 bridgehead atoms. The molecule has 1 aliphatic rings. The Kier molecular flexibility index (Phi) is 6.32. The SMILES string of the molecule is CCc1c(-c2cnc3c(F)c(C)ccn23)ccc(Nc2ccc(C3(O)CCOCC3)cn2)c1C(C)=O. The number of pyridine rings is 2. The highest BCUT2D eigenvalue weighted by Crippen LogP contribution is 2.35. The standard InChI is InChI=1S/C28H29FN4O3/c1-4-20-21(23-16-31-27-26(29)17(2)9-12-33(23)27)6-7-22(25(20)18(3)34)32-24-8-5-19(15-30-24)28(35)10-13-36-14-11-28/h5-9,12,15-16,35H,4,10-11,13-14H2,1-3H3,(H,30,32). The number of rotatable bonds is 6. The van der Waals surface area contributed by atoms with E-state index in [1.54, 1.807) is 36.0 Å². The Morgan fingerprint density at radius 1 is 1.17 bits per heavy atom. The van der Waals surface area contributed by atoms with E-state index in [2.05, 4.69) is 15.3 Å². The van der Waals surface area contributed by atoms with Gasteiger partial charge in [-0.05, 0) is 49.6 Å². The number of benzene rings is 1. The van der Waals surface area contributed by atoms with Gasteiger partial charge in [0, 0.05) is 55.1 Å². The molecule has 36 heavy (non-hydrogen) atoms. The summed E-state index contributed by atoms with van der Waals surface area (Å²) in [7, 11) is 0. The minimum atomic E-state index is -0.933. The maximum absolute atomic E-state index is 14.6. The molecule has 1 aliphatic heterocycles. The number of aryl methyl sites for hydroxylation is 1. The summed E-state index contributed by atoms with van der Waals surface area (Å²) in [6.07, 6.45) is 6.78. The summed E-state index contributed by atoms with van der Waals surface area (Å²) < 4.78 is 21.7. The largest absolute Gasteiger partial charge is 0.385 e. The zero-order valence-corrected chi connectivity index (χ0v) is 20.6. The lowest BCUT2D eigenvalue weighted by Crippen LogP contribution is -2.33. The highest BCUT2D eigenvalue weighted by molar-refractivity contribution is 6.03. The second-order valence-corrected chi connectivity index (χ2v) is 9.27. The highest BCUT2D eigenvalue weighted by atomic mass is 19.1. The Hall–Kier alpha value is -3.62. The van der Waals surface area contributed by atoms with Gasteiger partial charge in [-0.2, -0.15) is 0 Å². The van der Waals surface area contributed by atoms with Crippen LogP contribution in [0.4, 0.5) is 15.9 Å². The van der Waals surface area contributed by atoms with Crippen molar-refractivity contribution in [2.45, 2.75) is 45.6 Å². The molecule has 186 valence electrons. The average molecular weight is 489 g/mol. The van der Waals surface area contributed by atoms with Gasteiger partial charge in [0.05, 0.1) is 23.2 Å². The van der Waals surface area contributed by atoms with Crippen molar-refractivity contribution >= 4 is 22.9 Å². The number of ketones is 1. The predicted octanol–water partition coefficient (Wildman–Crippen LogP) is 5.35. The van der Waals surface area contributed by atoms with Crippen LogP contribution in [0, 0.1) is 12.7 Å². The highest BCUT2D eigenvalue weighted by Gasteiger charge is 2.32. The number of aliphatic hydroxyl groups is 1. The molecule has 0 amide bonds. The molecule has 0 radical (unpaired) electrons. The number of fused-ring (bicyclic) bond motifs is 1. The van der Waals surface area contributed by atoms with Gasteiger partial charge >= 0.3 is 0 Å². The summed E-state index contributed by atoms with van der Waals surface area (Å²) in [6.45, 7) is 6.27. The summed E-state index contributed by atoms with van der Waals surface area (Å²) in [5.41, 5.74) is 4.21. The molecule has 8 heteroatoms. The minimum absolute atomic E-state index is 0.0832. The third kappa shape index (κ3) is 4.16. The van der Waals surface area contributed by atoms with Crippen molar-refractivity contribution in [1.82, 2.24) is 14.4 Å². The minimum Gasteiger partial charge on any atom is -0.385 e. The number of Topliss-reactive ketones (excluding diaryl/α,β-unsaturated/α-hetero) is 1. The van der Waals surface area contributed by atoms with E-state index in [0.717, 1.165) is 22.4 Å². The third-order valence-electron chi connectivity index (χ3n) is 6.99. The number of nitrogens with zero attached hydrogens (tertiary/aromatic N) is 3. The second-order valence-electron chi connectivity index (χ2n) is 9.27. The van der Waals surface area contributed by atoms with Crippen LogP contribution in [-0.4, -0.2) is 38.5 Å². The fourth-order valence-corrected chi connectivity index (χ4v) is 4.95. The molecular formula is C28H29FN4O3. The van der Waals surface area contributed by atoms with Crippen molar-refractivity contribution in [3.05, 3.63) is 77.0 Å². The Labute approximate surface area is 209 Å². The fraction of sp³-hybridized carbons (Fsp3) is 0.321. The number of carbonyl (C=O) groups is 1. The summed E-state index contributed by atoms with van der Waals surface area (Å²) in [4.78, 5) is 21.6. The first-order valence-electron chi connectivity index (χ1n) is 12.2. The van der Waals surface area contributed by atoms with Gasteiger partial charge in [-0.1, -0.05) is 19.1 Å². The van der Waals surface area contributed by atoms with E-state index in [1.165, 1.54) is 6.92 Å². The van der Waals surface area contributed by atoms with Gasteiger partial charge in [0.15, 0.2) is 17.2 Å². The smallest absolute Gasteiger partial charge is 0.173 e. The first-order chi connectivity index (χ1) is 17.3. The number of aromatic nitrogens is 3. The Bertz CT molecular complexity index is 1440. The molecule has 3 aromatic heterocycles. The van der Waals surface area contributed by atoms with E-state index in [1.807, 2.05) is 31.2 Å². The van der Waals surface area contributed by atoms with Gasteiger partial charge in [-0.15, -0.1) is 0 Å².